The number of hydrogen-bond acceptors (Lipinski definition) is 4. The third-order valence-corrected chi connectivity index (χ3v) is 4.38. The van der Waals surface area contributed by atoms with Crippen LogP contribution in [0, 0.1) is 0 Å². The van der Waals surface area contributed by atoms with Gasteiger partial charge in [-0.3, -0.25) is 9.78 Å². The number of nitrogens with zero attached hydrogens (tertiary/aromatic N) is 2. The van der Waals surface area contributed by atoms with Gasteiger partial charge in [0.2, 0.25) is 5.91 Å². The van der Waals surface area contributed by atoms with E-state index in [1.54, 1.807) is 12.4 Å². The second kappa shape index (κ2) is 6.72. The van der Waals surface area contributed by atoms with Crippen molar-refractivity contribution in [3.05, 3.63) is 54.4 Å². The van der Waals surface area contributed by atoms with Gasteiger partial charge in [0, 0.05) is 18.8 Å². The van der Waals surface area contributed by atoms with Crippen LogP contribution in [0.15, 0.2) is 48.8 Å². The Hall–Kier alpha value is -3.22. The molecule has 2 aromatic rings. The number of pyridine rings is 1. The zero-order chi connectivity index (χ0) is 18.0. The summed E-state index contributed by atoms with van der Waals surface area (Å²) in [5, 5.41) is 18.4. The van der Waals surface area contributed by atoms with Crippen molar-refractivity contribution in [1.82, 2.24) is 9.88 Å². The van der Waals surface area contributed by atoms with Crippen molar-refractivity contribution in [2.75, 3.05) is 0 Å². The van der Waals surface area contributed by atoms with Gasteiger partial charge in [-0.1, -0.05) is 30.3 Å². The summed E-state index contributed by atoms with van der Waals surface area (Å²) in [5.74, 6) is -2.33. The van der Waals surface area contributed by atoms with Crippen molar-refractivity contribution in [1.29, 1.82) is 0 Å². The number of aliphatic carboxylic acids is 1. The number of likely N-dealkylation sites (tertiary alicyclic amines) is 1. The van der Waals surface area contributed by atoms with E-state index in [4.69, 9.17) is 5.11 Å². The number of benzene rings is 1. The Bertz CT molecular complexity index is 804. The van der Waals surface area contributed by atoms with E-state index in [1.165, 1.54) is 0 Å². The molecule has 1 aliphatic rings. The molecule has 1 fully saturated rings. The fourth-order valence-electron chi connectivity index (χ4n) is 3.13. The monoisotopic (exact) mass is 340 g/mol. The number of carboxylic acids is 1. The molecule has 2 heterocycles. The van der Waals surface area contributed by atoms with E-state index < -0.39 is 24.0 Å². The molecule has 1 aromatic carbocycles. The predicted molar refractivity (Wildman–Crippen MR) is 87.9 cm³/mol. The third-order valence-electron chi connectivity index (χ3n) is 4.38. The lowest BCUT2D eigenvalue weighted by Crippen LogP contribution is -2.52. The van der Waals surface area contributed by atoms with Crippen molar-refractivity contribution in [2.45, 2.75) is 24.8 Å². The molecule has 7 heteroatoms. The smallest absolute Gasteiger partial charge is 0.414 e. The highest BCUT2D eigenvalue weighted by atomic mass is 16.4. The normalized spacial score (nSPS) is 20.3. The summed E-state index contributed by atoms with van der Waals surface area (Å²) in [4.78, 5) is 39.1. The molecule has 128 valence electrons. The number of carboxylic acid groups (broad SMARTS) is 2. The van der Waals surface area contributed by atoms with Crippen molar-refractivity contribution >= 4 is 18.0 Å². The Morgan fingerprint density at radius 3 is 2.36 bits per heavy atom. The first-order chi connectivity index (χ1) is 12.0. The van der Waals surface area contributed by atoms with Crippen LogP contribution in [0.4, 0.5) is 4.79 Å². The van der Waals surface area contributed by atoms with Crippen LogP contribution < -0.4 is 0 Å². The first-order valence-electron chi connectivity index (χ1n) is 7.75. The lowest BCUT2D eigenvalue weighted by atomic mass is 9.84. The molecule has 1 aromatic heterocycles. The van der Waals surface area contributed by atoms with Crippen molar-refractivity contribution in [3.8, 4) is 11.1 Å². The zero-order valence-corrected chi connectivity index (χ0v) is 13.2. The van der Waals surface area contributed by atoms with E-state index in [0.717, 1.165) is 16.7 Å². The van der Waals surface area contributed by atoms with E-state index in [2.05, 4.69) is 4.98 Å². The number of carbonyl (C=O) groups excluding carboxylic acids is 1. The summed E-state index contributed by atoms with van der Waals surface area (Å²) in [6, 6.07) is 9.86. The summed E-state index contributed by atoms with van der Waals surface area (Å²) >= 11 is 0. The maximum atomic E-state index is 12.1. The SMILES string of the molecule is O=C(O)[C@H]1C[C@@H](c2ccc(-c3cccnc3)cc2)CC(=O)N1C(=O)O. The van der Waals surface area contributed by atoms with Crippen molar-refractivity contribution in [2.24, 2.45) is 0 Å². The molecule has 0 unspecified atom stereocenters. The van der Waals surface area contributed by atoms with Gasteiger partial charge in [0.15, 0.2) is 0 Å². The molecule has 7 nitrogen and oxygen atoms in total. The summed E-state index contributed by atoms with van der Waals surface area (Å²) < 4.78 is 0. The Balaban J connectivity index is 1.83. The summed E-state index contributed by atoms with van der Waals surface area (Å²) in [6.45, 7) is 0. The van der Waals surface area contributed by atoms with E-state index in [0.29, 0.717) is 4.90 Å². The van der Waals surface area contributed by atoms with Gasteiger partial charge in [0.05, 0.1) is 0 Å². The van der Waals surface area contributed by atoms with Crippen LogP contribution in [-0.4, -0.2) is 44.1 Å². The molecule has 1 saturated heterocycles. The first-order valence-corrected chi connectivity index (χ1v) is 7.75. The molecule has 2 atom stereocenters. The van der Waals surface area contributed by atoms with Crippen molar-refractivity contribution < 1.29 is 24.6 Å². The Morgan fingerprint density at radius 1 is 1.08 bits per heavy atom. The van der Waals surface area contributed by atoms with Crippen LogP contribution in [0.2, 0.25) is 0 Å². The fourth-order valence-corrected chi connectivity index (χ4v) is 3.13. The van der Waals surface area contributed by atoms with Crippen LogP contribution in [-0.2, 0) is 9.59 Å². The minimum Gasteiger partial charge on any atom is -0.480 e. The van der Waals surface area contributed by atoms with Crippen LogP contribution in [0.3, 0.4) is 0 Å². The second-order valence-electron chi connectivity index (χ2n) is 5.90. The molecular weight excluding hydrogens is 324 g/mol. The molecule has 1 aliphatic heterocycles. The van der Waals surface area contributed by atoms with Gasteiger partial charge in [0.25, 0.3) is 0 Å². The number of hydrogen-bond donors (Lipinski definition) is 2. The van der Waals surface area contributed by atoms with Crippen LogP contribution in [0.1, 0.15) is 24.3 Å². The second-order valence-corrected chi connectivity index (χ2v) is 5.90. The van der Waals surface area contributed by atoms with Crippen LogP contribution >= 0.6 is 0 Å². The van der Waals surface area contributed by atoms with E-state index in [-0.39, 0.29) is 18.8 Å². The molecule has 0 spiro atoms. The van der Waals surface area contributed by atoms with E-state index >= 15 is 0 Å². The van der Waals surface area contributed by atoms with Gasteiger partial charge in [-0.05, 0) is 35.1 Å². The molecular formula is C18H16N2O5. The minimum atomic E-state index is -1.53. The molecule has 2 N–H and O–H groups in total. The van der Waals surface area contributed by atoms with Crippen LogP contribution in [0.5, 0.6) is 0 Å². The fraction of sp³-hybridized carbons (Fsp3) is 0.222. The lowest BCUT2D eigenvalue weighted by Gasteiger charge is -2.33. The largest absolute Gasteiger partial charge is 0.480 e. The Morgan fingerprint density at radius 2 is 1.80 bits per heavy atom. The summed E-state index contributed by atoms with van der Waals surface area (Å²) in [6.07, 6.45) is 1.95. The standard InChI is InChI=1S/C18H16N2O5/c21-16-9-14(8-15(17(22)23)20(16)18(24)25)12-5-3-11(4-6-12)13-2-1-7-19-10-13/h1-7,10,14-15H,8-9H2,(H,22,23)(H,24,25)/t14-,15-/m1/s1. The highest BCUT2D eigenvalue weighted by Gasteiger charge is 2.42. The van der Waals surface area contributed by atoms with Crippen molar-refractivity contribution in [3.63, 3.8) is 0 Å². The Kier molecular flexibility index (Phi) is 4.47. The maximum absolute atomic E-state index is 12.1. The molecule has 3 rings (SSSR count). The Labute approximate surface area is 143 Å². The zero-order valence-electron chi connectivity index (χ0n) is 13.2. The number of rotatable bonds is 3. The number of carbonyl (C=O) groups is 3. The van der Waals surface area contributed by atoms with Gasteiger partial charge >= 0.3 is 12.1 Å². The molecule has 0 aliphatic carbocycles. The minimum absolute atomic E-state index is 0.0255. The average Bonchev–Trinajstić information content (AvgIpc) is 2.61. The summed E-state index contributed by atoms with van der Waals surface area (Å²) in [5.41, 5.74) is 2.73. The number of aromatic nitrogens is 1. The molecule has 0 bridgehead atoms. The number of imide groups is 1. The number of amides is 2. The first kappa shape index (κ1) is 16.6. The quantitative estimate of drug-likeness (QED) is 0.889. The predicted octanol–water partition coefficient (Wildman–Crippen LogP) is 2.59. The van der Waals surface area contributed by atoms with Gasteiger partial charge in [-0.25, -0.2) is 14.5 Å². The van der Waals surface area contributed by atoms with E-state index in [9.17, 15) is 19.5 Å². The maximum Gasteiger partial charge on any atom is 0.414 e. The topological polar surface area (TPSA) is 108 Å². The van der Waals surface area contributed by atoms with Gasteiger partial charge in [-0.2, -0.15) is 0 Å². The third kappa shape index (κ3) is 3.35. The molecule has 2 amide bonds. The number of piperidine rings is 1. The van der Waals surface area contributed by atoms with Gasteiger partial charge in [0.1, 0.15) is 6.04 Å². The van der Waals surface area contributed by atoms with E-state index in [1.807, 2.05) is 36.4 Å². The molecule has 0 saturated carbocycles. The lowest BCUT2D eigenvalue weighted by molar-refractivity contribution is -0.151. The highest BCUT2D eigenvalue weighted by molar-refractivity contribution is 5.97. The van der Waals surface area contributed by atoms with Gasteiger partial charge < -0.3 is 10.2 Å². The molecule has 25 heavy (non-hydrogen) atoms. The van der Waals surface area contributed by atoms with Crippen LogP contribution in [0.25, 0.3) is 11.1 Å². The summed E-state index contributed by atoms with van der Waals surface area (Å²) in [7, 11) is 0. The molecule has 0 radical (unpaired) electrons. The van der Waals surface area contributed by atoms with Gasteiger partial charge in [-0.15, -0.1) is 0 Å². The highest BCUT2D eigenvalue weighted by Crippen LogP contribution is 2.33. The average molecular weight is 340 g/mol.